The van der Waals surface area contributed by atoms with Crippen LogP contribution >= 0.6 is 22.9 Å². The second-order valence-electron chi connectivity index (χ2n) is 4.36. The van der Waals surface area contributed by atoms with Crippen molar-refractivity contribution in [1.82, 2.24) is 9.97 Å². The van der Waals surface area contributed by atoms with Gasteiger partial charge in [-0.3, -0.25) is 19.9 Å². The molecule has 0 aliphatic rings. The van der Waals surface area contributed by atoms with Crippen LogP contribution in [0.5, 0.6) is 0 Å². The van der Waals surface area contributed by atoms with E-state index in [4.69, 9.17) is 17.3 Å². The lowest BCUT2D eigenvalue weighted by atomic mass is 10.2. The minimum absolute atomic E-state index is 0.162. The number of nitrogens with one attached hydrogen (secondary N) is 1. The molecule has 0 aliphatic heterocycles. The van der Waals surface area contributed by atoms with Gasteiger partial charge in [-0.25, -0.2) is 4.98 Å². The molecule has 3 aromatic rings. The molecule has 0 aliphatic carbocycles. The lowest BCUT2D eigenvalue weighted by Gasteiger charge is -2.01. The Morgan fingerprint density at radius 1 is 1.23 bits per heavy atom. The van der Waals surface area contributed by atoms with Crippen LogP contribution in [-0.2, 0) is 0 Å². The van der Waals surface area contributed by atoms with E-state index in [9.17, 15) is 9.59 Å². The van der Waals surface area contributed by atoms with Crippen molar-refractivity contribution in [3.05, 3.63) is 52.8 Å². The number of aromatic nitrogens is 2. The molecule has 2 aromatic heterocycles. The molecule has 2 heterocycles. The lowest BCUT2D eigenvalue weighted by Crippen LogP contribution is -2.15. The fraction of sp³-hybridized carbons (Fsp3) is 0. The number of nitrogens with zero attached hydrogens (tertiary/aromatic N) is 2. The van der Waals surface area contributed by atoms with Gasteiger partial charge in [-0.05, 0) is 24.3 Å². The number of primary amides is 1. The van der Waals surface area contributed by atoms with E-state index in [-0.39, 0.29) is 11.3 Å². The van der Waals surface area contributed by atoms with Crippen LogP contribution < -0.4 is 11.1 Å². The molecule has 6 nitrogen and oxygen atoms in total. The molecule has 0 atom stereocenters. The predicted octanol–water partition coefficient (Wildman–Crippen LogP) is 2.70. The largest absolute Gasteiger partial charge is 0.366 e. The molecule has 0 bridgehead atoms. The van der Waals surface area contributed by atoms with Crippen molar-refractivity contribution in [2.75, 3.05) is 5.32 Å². The molecular weight excluding hydrogens is 324 g/mol. The van der Waals surface area contributed by atoms with Gasteiger partial charge >= 0.3 is 0 Å². The number of anilines is 1. The van der Waals surface area contributed by atoms with E-state index in [1.165, 1.54) is 29.7 Å². The zero-order valence-electron chi connectivity index (χ0n) is 11.0. The molecule has 0 spiro atoms. The van der Waals surface area contributed by atoms with Gasteiger partial charge in [-0.2, -0.15) is 0 Å². The van der Waals surface area contributed by atoms with Crippen LogP contribution in [0.2, 0.25) is 5.02 Å². The smallest absolute Gasteiger partial charge is 0.276 e. The van der Waals surface area contributed by atoms with Gasteiger partial charge in [0.05, 0.1) is 15.3 Å². The number of para-hydroxylation sites is 1. The highest BCUT2D eigenvalue weighted by Crippen LogP contribution is 2.30. The Morgan fingerprint density at radius 2 is 2.05 bits per heavy atom. The van der Waals surface area contributed by atoms with Crippen molar-refractivity contribution in [3.63, 3.8) is 0 Å². The number of hydrogen-bond donors (Lipinski definition) is 2. The third-order valence-electron chi connectivity index (χ3n) is 2.87. The Bertz CT molecular complexity index is 876. The molecule has 22 heavy (non-hydrogen) atoms. The second-order valence-corrected chi connectivity index (χ2v) is 5.79. The average molecular weight is 333 g/mol. The third-order valence-corrected chi connectivity index (χ3v) is 4.11. The molecule has 0 unspecified atom stereocenters. The molecule has 1 aromatic carbocycles. The summed E-state index contributed by atoms with van der Waals surface area (Å²) in [4.78, 5) is 31.2. The molecule has 110 valence electrons. The van der Waals surface area contributed by atoms with Crippen molar-refractivity contribution in [2.45, 2.75) is 0 Å². The maximum atomic E-state index is 12.1. The monoisotopic (exact) mass is 332 g/mol. The number of benzene rings is 1. The van der Waals surface area contributed by atoms with Crippen molar-refractivity contribution in [1.29, 1.82) is 0 Å². The number of hydrogen-bond acceptors (Lipinski definition) is 5. The fourth-order valence-corrected chi connectivity index (χ4v) is 2.96. The summed E-state index contributed by atoms with van der Waals surface area (Å²) >= 11 is 7.36. The second kappa shape index (κ2) is 5.70. The molecule has 0 fully saturated rings. The van der Waals surface area contributed by atoms with E-state index in [1.807, 2.05) is 12.1 Å². The van der Waals surface area contributed by atoms with E-state index in [1.54, 1.807) is 6.07 Å². The number of carbonyl (C=O) groups is 2. The van der Waals surface area contributed by atoms with Crippen molar-refractivity contribution >= 4 is 50.1 Å². The number of pyridine rings is 1. The van der Waals surface area contributed by atoms with Gasteiger partial charge in [0.2, 0.25) is 5.91 Å². The quantitative estimate of drug-likeness (QED) is 0.770. The summed E-state index contributed by atoms with van der Waals surface area (Å²) < 4.78 is 0.875. The van der Waals surface area contributed by atoms with Gasteiger partial charge in [0.1, 0.15) is 11.2 Å². The summed E-state index contributed by atoms with van der Waals surface area (Å²) in [7, 11) is 0. The van der Waals surface area contributed by atoms with Gasteiger partial charge in [-0.15, -0.1) is 0 Å². The number of rotatable bonds is 3. The Kier molecular flexibility index (Phi) is 3.74. The fourth-order valence-electron chi connectivity index (χ4n) is 1.80. The summed E-state index contributed by atoms with van der Waals surface area (Å²) in [5.41, 5.74) is 6.16. The van der Waals surface area contributed by atoms with E-state index < -0.39 is 11.8 Å². The van der Waals surface area contributed by atoms with Crippen LogP contribution in [0, 0.1) is 0 Å². The highest BCUT2D eigenvalue weighted by Gasteiger charge is 2.13. The normalized spacial score (nSPS) is 10.6. The van der Waals surface area contributed by atoms with Crippen LogP contribution in [0.3, 0.4) is 0 Å². The van der Waals surface area contributed by atoms with Crippen LogP contribution in [0.15, 0.2) is 36.5 Å². The summed E-state index contributed by atoms with van der Waals surface area (Å²) in [5.74, 6) is -1.02. The SMILES string of the molecule is NC(=O)c1ccc(C(=O)Nc2nc3c(Cl)cccc3s2)nc1. The van der Waals surface area contributed by atoms with E-state index in [2.05, 4.69) is 15.3 Å². The molecule has 0 saturated carbocycles. The van der Waals surface area contributed by atoms with Gasteiger partial charge in [0, 0.05) is 6.20 Å². The number of nitrogens with two attached hydrogens (primary N) is 1. The number of thiazole rings is 1. The van der Waals surface area contributed by atoms with Crippen LogP contribution in [0.4, 0.5) is 5.13 Å². The van der Waals surface area contributed by atoms with Crippen LogP contribution in [0.25, 0.3) is 10.2 Å². The number of fused-ring (bicyclic) bond motifs is 1. The highest BCUT2D eigenvalue weighted by atomic mass is 35.5. The third kappa shape index (κ3) is 2.76. The first-order valence-corrected chi connectivity index (χ1v) is 7.36. The van der Waals surface area contributed by atoms with Gasteiger partial charge < -0.3 is 5.73 Å². The topological polar surface area (TPSA) is 98.0 Å². The zero-order valence-corrected chi connectivity index (χ0v) is 12.6. The maximum Gasteiger partial charge on any atom is 0.276 e. The molecule has 8 heteroatoms. The Hall–Kier alpha value is -2.51. The average Bonchev–Trinajstić information content (AvgIpc) is 2.91. The van der Waals surface area contributed by atoms with Gasteiger partial charge in [0.25, 0.3) is 5.91 Å². The highest BCUT2D eigenvalue weighted by molar-refractivity contribution is 7.22. The Balaban J connectivity index is 1.83. The van der Waals surface area contributed by atoms with E-state index >= 15 is 0 Å². The predicted molar refractivity (Wildman–Crippen MR) is 85.3 cm³/mol. The van der Waals surface area contributed by atoms with Gasteiger partial charge in [0.15, 0.2) is 5.13 Å². The van der Waals surface area contributed by atoms with Crippen LogP contribution in [0.1, 0.15) is 20.8 Å². The van der Waals surface area contributed by atoms with Crippen molar-refractivity contribution < 1.29 is 9.59 Å². The first kappa shape index (κ1) is 14.4. The van der Waals surface area contributed by atoms with Crippen LogP contribution in [-0.4, -0.2) is 21.8 Å². The van der Waals surface area contributed by atoms with E-state index in [0.717, 1.165) is 4.70 Å². The first-order valence-electron chi connectivity index (χ1n) is 6.17. The summed E-state index contributed by atoms with van der Waals surface area (Å²) in [6.45, 7) is 0. The van der Waals surface area contributed by atoms with Crippen molar-refractivity contribution in [3.8, 4) is 0 Å². The molecule has 2 amide bonds. The molecular formula is C14H9ClN4O2S. The van der Waals surface area contributed by atoms with E-state index in [0.29, 0.717) is 15.7 Å². The summed E-state index contributed by atoms with van der Waals surface area (Å²) in [6.07, 6.45) is 1.26. The molecule has 0 saturated heterocycles. The number of amides is 2. The molecule has 3 N–H and O–H groups in total. The van der Waals surface area contributed by atoms with Gasteiger partial charge in [-0.1, -0.05) is 29.0 Å². The minimum Gasteiger partial charge on any atom is -0.366 e. The van der Waals surface area contributed by atoms with Crippen molar-refractivity contribution in [2.24, 2.45) is 5.73 Å². The number of halogens is 1. The standard InChI is InChI=1S/C14H9ClN4O2S/c15-8-2-1-3-10-11(8)18-14(22-10)19-13(21)9-5-4-7(6-17-9)12(16)20/h1-6H,(H2,16,20)(H,18,19,21). The molecule has 0 radical (unpaired) electrons. The summed E-state index contributed by atoms with van der Waals surface area (Å²) in [5, 5.41) is 3.61. The zero-order chi connectivity index (χ0) is 15.7. The Morgan fingerprint density at radius 3 is 2.68 bits per heavy atom. The first-order chi connectivity index (χ1) is 10.5. The minimum atomic E-state index is -0.597. The summed E-state index contributed by atoms with van der Waals surface area (Å²) in [6, 6.07) is 8.29. The Labute approximate surface area is 133 Å². The number of carbonyl (C=O) groups excluding carboxylic acids is 2. The maximum absolute atomic E-state index is 12.1. The lowest BCUT2D eigenvalue weighted by molar-refractivity contribution is 0.0993. The molecule has 3 rings (SSSR count).